The number of sulfonamides is 1. The van der Waals surface area contributed by atoms with Crippen LogP contribution in [-0.4, -0.2) is 56.7 Å². The average molecular weight is 304 g/mol. The maximum absolute atomic E-state index is 12.1. The van der Waals surface area contributed by atoms with E-state index in [0.717, 1.165) is 19.4 Å². The van der Waals surface area contributed by atoms with Crippen LogP contribution >= 0.6 is 0 Å². The summed E-state index contributed by atoms with van der Waals surface area (Å²) >= 11 is 0. The molecular weight excluding hydrogens is 280 g/mol. The second-order valence-corrected chi connectivity index (χ2v) is 7.47. The molecule has 0 aromatic heterocycles. The van der Waals surface area contributed by atoms with Crippen LogP contribution in [0.5, 0.6) is 0 Å². The predicted molar refractivity (Wildman–Crippen MR) is 75.7 cm³/mol. The third-order valence-electron chi connectivity index (χ3n) is 4.17. The van der Waals surface area contributed by atoms with Crippen molar-refractivity contribution >= 4 is 16.0 Å². The number of nitrogens with one attached hydrogen (secondary N) is 1. The van der Waals surface area contributed by atoms with Crippen LogP contribution in [-0.2, 0) is 19.6 Å². The zero-order chi connectivity index (χ0) is 14.6. The van der Waals surface area contributed by atoms with Crippen LogP contribution in [0.3, 0.4) is 0 Å². The molecule has 2 heterocycles. The van der Waals surface area contributed by atoms with Gasteiger partial charge in [-0.25, -0.2) is 12.7 Å². The van der Waals surface area contributed by atoms with Crippen LogP contribution < -0.4 is 5.32 Å². The number of carbonyl (C=O) groups excluding carboxylic acids is 1. The summed E-state index contributed by atoms with van der Waals surface area (Å²) in [5, 5.41) is 3.49. The summed E-state index contributed by atoms with van der Waals surface area (Å²) < 4.78 is 30.4. The van der Waals surface area contributed by atoms with Gasteiger partial charge in [-0.3, -0.25) is 4.79 Å². The number of rotatable bonds is 5. The summed E-state index contributed by atoms with van der Waals surface area (Å²) in [5.41, 5.74) is 0. The SMILES string of the molecule is CCOC(=O)CS(=O)(=O)N1CCC(C2CCCN2)CC1. The highest BCUT2D eigenvalue weighted by Crippen LogP contribution is 2.26. The molecule has 20 heavy (non-hydrogen) atoms. The molecule has 2 aliphatic heterocycles. The first-order valence-corrected chi connectivity index (χ1v) is 9.00. The Kier molecular flexibility index (Phi) is 5.40. The molecule has 2 saturated heterocycles. The highest BCUT2D eigenvalue weighted by Gasteiger charge is 2.33. The van der Waals surface area contributed by atoms with Gasteiger partial charge >= 0.3 is 5.97 Å². The van der Waals surface area contributed by atoms with Crippen LogP contribution in [0.25, 0.3) is 0 Å². The van der Waals surface area contributed by atoms with Gasteiger partial charge in [-0.2, -0.15) is 0 Å². The van der Waals surface area contributed by atoms with Crippen LogP contribution in [0, 0.1) is 5.92 Å². The number of hydrogen-bond acceptors (Lipinski definition) is 5. The molecule has 0 aliphatic carbocycles. The molecule has 2 aliphatic rings. The van der Waals surface area contributed by atoms with Crippen molar-refractivity contribution < 1.29 is 17.9 Å². The van der Waals surface area contributed by atoms with Crippen molar-refractivity contribution in [1.82, 2.24) is 9.62 Å². The fourth-order valence-corrected chi connectivity index (χ4v) is 4.44. The van der Waals surface area contributed by atoms with Crippen molar-refractivity contribution in [2.75, 3.05) is 32.0 Å². The van der Waals surface area contributed by atoms with Crippen LogP contribution in [0.4, 0.5) is 0 Å². The lowest BCUT2D eigenvalue weighted by Gasteiger charge is -2.34. The molecule has 6 nitrogen and oxygen atoms in total. The summed E-state index contributed by atoms with van der Waals surface area (Å²) in [6.07, 6.45) is 4.16. The van der Waals surface area contributed by atoms with Gasteiger partial charge in [-0.1, -0.05) is 0 Å². The van der Waals surface area contributed by atoms with Gasteiger partial charge in [0.25, 0.3) is 0 Å². The van der Waals surface area contributed by atoms with Gasteiger partial charge in [-0.15, -0.1) is 0 Å². The van der Waals surface area contributed by atoms with Gasteiger partial charge in [0.15, 0.2) is 5.75 Å². The Bertz CT molecular complexity index is 424. The third kappa shape index (κ3) is 3.93. The summed E-state index contributed by atoms with van der Waals surface area (Å²) in [4.78, 5) is 11.3. The van der Waals surface area contributed by atoms with Gasteiger partial charge in [0.1, 0.15) is 0 Å². The zero-order valence-electron chi connectivity index (χ0n) is 12.0. The van der Waals surface area contributed by atoms with Crippen molar-refractivity contribution in [3.63, 3.8) is 0 Å². The molecule has 0 saturated carbocycles. The van der Waals surface area contributed by atoms with Gasteiger partial charge in [0.2, 0.25) is 10.0 Å². The Morgan fingerprint density at radius 2 is 2.00 bits per heavy atom. The molecule has 2 rings (SSSR count). The van der Waals surface area contributed by atoms with E-state index in [4.69, 9.17) is 4.74 Å². The monoisotopic (exact) mass is 304 g/mol. The van der Waals surface area contributed by atoms with E-state index in [1.807, 2.05) is 0 Å². The first-order valence-electron chi connectivity index (χ1n) is 7.39. The Balaban J connectivity index is 1.84. The Morgan fingerprint density at radius 3 is 2.55 bits per heavy atom. The predicted octanol–water partition coefficient (Wildman–Crippen LogP) is 0.343. The second-order valence-electron chi connectivity index (χ2n) is 5.50. The zero-order valence-corrected chi connectivity index (χ0v) is 12.8. The van der Waals surface area contributed by atoms with Crippen LogP contribution in [0.1, 0.15) is 32.6 Å². The minimum Gasteiger partial charge on any atom is -0.465 e. The lowest BCUT2D eigenvalue weighted by molar-refractivity contribution is -0.140. The lowest BCUT2D eigenvalue weighted by Crippen LogP contribution is -2.45. The topological polar surface area (TPSA) is 75.7 Å². The van der Waals surface area contributed by atoms with E-state index >= 15 is 0 Å². The minimum atomic E-state index is -3.51. The molecule has 0 spiro atoms. The molecule has 0 radical (unpaired) electrons. The fraction of sp³-hybridized carbons (Fsp3) is 0.923. The number of piperidine rings is 1. The molecule has 0 amide bonds. The van der Waals surface area contributed by atoms with Gasteiger partial charge in [0, 0.05) is 19.1 Å². The number of nitrogens with zero attached hydrogens (tertiary/aromatic N) is 1. The molecular formula is C13H24N2O4S. The molecule has 116 valence electrons. The van der Waals surface area contributed by atoms with Crippen molar-refractivity contribution in [2.24, 2.45) is 5.92 Å². The van der Waals surface area contributed by atoms with E-state index in [9.17, 15) is 13.2 Å². The number of ether oxygens (including phenoxy) is 1. The molecule has 7 heteroatoms. The minimum absolute atomic E-state index is 0.212. The van der Waals surface area contributed by atoms with E-state index in [2.05, 4.69) is 5.32 Å². The summed E-state index contributed by atoms with van der Waals surface area (Å²) in [5.74, 6) is -0.633. The van der Waals surface area contributed by atoms with E-state index in [1.54, 1.807) is 6.92 Å². The van der Waals surface area contributed by atoms with Gasteiger partial charge in [0.05, 0.1) is 6.61 Å². The van der Waals surface area contributed by atoms with Crippen molar-refractivity contribution in [2.45, 2.75) is 38.6 Å². The molecule has 1 atom stereocenters. The molecule has 2 fully saturated rings. The molecule has 0 aromatic rings. The maximum atomic E-state index is 12.1. The Morgan fingerprint density at radius 1 is 1.30 bits per heavy atom. The van der Waals surface area contributed by atoms with E-state index in [-0.39, 0.29) is 6.61 Å². The van der Waals surface area contributed by atoms with Crippen molar-refractivity contribution in [3.8, 4) is 0 Å². The lowest BCUT2D eigenvalue weighted by atomic mass is 9.89. The molecule has 1 N–H and O–H groups in total. The largest absolute Gasteiger partial charge is 0.465 e. The van der Waals surface area contributed by atoms with Gasteiger partial charge in [-0.05, 0) is 45.1 Å². The standard InChI is InChI=1S/C13H24N2O4S/c1-2-19-13(16)10-20(17,18)15-8-5-11(6-9-15)12-4-3-7-14-12/h11-12,14H,2-10H2,1H3. The van der Waals surface area contributed by atoms with Gasteiger partial charge < -0.3 is 10.1 Å². The van der Waals surface area contributed by atoms with Crippen molar-refractivity contribution in [3.05, 3.63) is 0 Å². The number of carbonyl (C=O) groups is 1. The van der Waals surface area contributed by atoms with E-state index in [1.165, 1.54) is 17.1 Å². The summed E-state index contributed by atoms with van der Waals surface area (Å²) in [6.45, 7) is 4.00. The van der Waals surface area contributed by atoms with E-state index < -0.39 is 21.7 Å². The highest BCUT2D eigenvalue weighted by molar-refractivity contribution is 7.89. The number of hydrogen-bond donors (Lipinski definition) is 1. The van der Waals surface area contributed by atoms with E-state index in [0.29, 0.717) is 25.0 Å². The Hall–Kier alpha value is -0.660. The normalized spacial score (nSPS) is 25.8. The Labute approximate surface area is 120 Å². The van der Waals surface area contributed by atoms with Crippen LogP contribution in [0.15, 0.2) is 0 Å². The first-order chi connectivity index (χ1) is 9.53. The molecule has 0 aromatic carbocycles. The average Bonchev–Trinajstić information content (AvgIpc) is 2.92. The molecule has 0 bridgehead atoms. The number of esters is 1. The summed E-state index contributed by atoms with van der Waals surface area (Å²) in [6, 6.07) is 0.546. The first kappa shape index (κ1) is 15.7. The van der Waals surface area contributed by atoms with Crippen LogP contribution in [0.2, 0.25) is 0 Å². The maximum Gasteiger partial charge on any atom is 0.322 e. The highest BCUT2D eigenvalue weighted by atomic mass is 32.2. The molecule has 1 unspecified atom stereocenters. The fourth-order valence-electron chi connectivity index (χ4n) is 3.11. The summed E-state index contributed by atoms with van der Waals surface area (Å²) in [7, 11) is -3.51. The smallest absolute Gasteiger partial charge is 0.322 e. The van der Waals surface area contributed by atoms with Crippen molar-refractivity contribution in [1.29, 1.82) is 0 Å². The third-order valence-corrected chi connectivity index (χ3v) is 5.92. The second kappa shape index (κ2) is 6.87. The quantitative estimate of drug-likeness (QED) is 0.742.